The highest BCUT2D eigenvalue weighted by Gasteiger charge is 2.14. The second-order valence-electron chi connectivity index (χ2n) is 6.46. The number of hydrogen-bond acceptors (Lipinski definition) is 3. The molecule has 3 N–H and O–H groups in total. The van der Waals surface area contributed by atoms with Crippen LogP contribution in [0, 0.1) is 0 Å². The van der Waals surface area contributed by atoms with Crippen molar-refractivity contribution in [1.82, 2.24) is 0 Å². The molecule has 0 unspecified atom stereocenters. The van der Waals surface area contributed by atoms with Crippen LogP contribution in [-0.4, -0.2) is 19.2 Å². The lowest BCUT2D eigenvalue weighted by Crippen LogP contribution is -2.22. The Morgan fingerprint density at radius 2 is 1.92 bits per heavy atom. The predicted octanol–water partition coefficient (Wildman–Crippen LogP) is 3.26. The lowest BCUT2D eigenvalue weighted by atomic mass is 10.1. The Bertz CT molecular complexity index is 802. The molecule has 5 heteroatoms. The van der Waals surface area contributed by atoms with Crippen LogP contribution in [0.3, 0.4) is 0 Å². The van der Waals surface area contributed by atoms with Gasteiger partial charge < -0.3 is 20.5 Å². The highest BCUT2D eigenvalue weighted by molar-refractivity contribution is 5.92. The number of benzene rings is 2. The van der Waals surface area contributed by atoms with Crippen LogP contribution in [-0.2, 0) is 19.4 Å². The molecule has 0 bridgehead atoms. The van der Waals surface area contributed by atoms with Crippen LogP contribution in [0.15, 0.2) is 41.4 Å². The maximum absolute atomic E-state index is 6.07. The Morgan fingerprint density at radius 3 is 2.88 bits per heavy atom. The molecule has 0 aromatic heterocycles. The number of ether oxygens (including phenoxy) is 2. The molecule has 2 aliphatic rings. The van der Waals surface area contributed by atoms with E-state index in [1.807, 2.05) is 18.2 Å². The molecule has 0 atom stereocenters. The molecule has 2 aromatic rings. The number of guanidine groups is 1. The summed E-state index contributed by atoms with van der Waals surface area (Å²) >= 11 is 0. The van der Waals surface area contributed by atoms with E-state index in [9.17, 15) is 0 Å². The molecular weight excluding hydrogens is 314 g/mol. The molecule has 0 fully saturated rings. The summed E-state index contributed by atoms with van der Waals surface area (Å²) in [6.45, 7) is 1.80. The highest BCUT2D eigenvalue weighted by Crippen LogP contribution is 2.33. The number of hydrogen-bond donors (Lipinski definition) is 2. The van der Waals surface area contributed by atoms with Gasteiger partial charge in [-0.3, -0.25) is 0 Å². The zero-order chi connectivity index (χ0) is 17.1. The van der Waals surface area contributed by atoms with E-state index < -0.39 is 0 Å². The first-order valence-electron chi connectivity index (χ1n) is 8.86. The van der Waals surface area contributed by atoms with Crippen molar-refractivity contribution in [3.05, 3.63) is 53.1 Å². The van der Waals surface area contributed by atoms with Gasteiger partial charge in [0.1, 0.15) is 0 Å². The van der Waals surface area contributed by atoms with Crippen molar-refractivity contribution >= 4 is 11.6 Å². The van der Waals surface area contributed by atoms with Gasteiger partial charge in [-0.15, -0.1) is 0 Å². The van der Waals surface area contributed by atoms with E-state index in [2.05, 4.69) is 28.5 Å². The first-order valence-corrected chi connectivity index (χ1v) is 8.86. The van der Waals surface area contributed by atoms with Crippen LogP contribution in [0.4, 0.5) is 5.69 Å². The Labute approximate surface area is 147 Å². The molecule has 0 spiro atoms. The van der Waals surface area contributed by atoms with Gasteiger partial charge in [-0.25, -0.2) is 4.99 Å². The largest absolute Gasteiger partial charge is 0.490 e. The van der Waals surface area contributed by atoms with E-state index in [1.165, 1.54) is 24.0 Å². The molecule has 1 heterocycles. The van der Waals surface area contributed by atoms with Crippen molar-refractivity contribution in [1.29, 1.82) is 0 Å². The highest BCUT2D eigenvalue weighted by atomic mass is 16.5. The molecule has 2 aromatic carbocycles. The number of rotatable bonds is 3. The van der Waals surface area contributed by atoms with Gasteiger partial charge >= 0.3 is 0 Å². The summed E-state index contributed by atoms with van der Waals surface area (Å²) in [5, 5.41) is 3.19. The minimum atomic E-state index is 0.407. The van der Waals surface area contributed by atoms with Gasteiger partial charge in [0.25, 0.3) is 0 Å². The van der Waals surface area contributed by atoms with Crippen LogP contribution in [0.5, 0.6) is 11.5 Å². The Kier molecular flexibility index (Phi) is 4.46. The molecule has 130 valence electrons. The Hall–Kier alpha value is -2.69. The van der Waals surface area contributed by atoms with Gasteiger partial charge in [-0.2, -0.15) is 0 Å². The summed E-state index contributed by atoms with van der Waals surface area (Å²) in [5.74, 6) is 1.98. The first kappa shape index (κ1) is 15.8. The lowest BCUT2D eigenvalue weighted by Gasteiger charge is -2.12. The Morgan fingerprint density at radius 1 is 1.04 bits per heavy atom. The smallest absolute Gasteiger partial charge is 0.193 e. The number of nitrogens with one attached hydrogen (secondary N) is 1. The summed E-state index contributed by atoms with van der Waals surface area (Å²) < 4.78 is 11.5. The molecule has 1 aliphatic heterocycles. The average Bonchev–Trinajstić information content (AvgIpc) is 2.95. The van der Waals surface area contributed by atoms with E-state index in [0.717, 1.165) is 35.6 Å². The van der Waals surface area contributed by atoms with Crippen molar-refractivity contribution in [2.24, 2.45) is 10.7 Å². The van der Waals surface area contributed by atoms with E-state index in [1.54, 1.807) is 0 Å². The number of nitrogens with two attached hydrogens (primary N) is 1. The maximum atomic E-state index is 6.07. The minimum absolute atomic E-state index is 0.407. The monoisotopic (exact) mass is 337 g/mol. The van der Waals surface area contributed by atoms with E-state index in [-0.39, 0.29) is 0 Å². The van der Waals surface area contributed by atoms with Crippen LogP contribution >= 0.6 is 0 Å². The average molecular weight is 337 g/mol. The predicted molar refractivity (Wildman–Crippen MR) is 99.5 cm³/mol. The van der Waals surface area contributed by atoms with Gasteiger partial charge in [0, 0.05) is 17.7 Å². The fourth-order valence-electron chi connectivity index (χ4n) is 3.39. The lowest BCUT2D eigenvalue weighted by molar-refractivity contribution is 0.296. The summed E-state index contributed by atoms with van der Waals surface area (Å²) in [7, 11) is 0. The maximum Gasteiger partial charge on any atom is 0.193 e. The third-order valence-electron chi connectivity index (χ3n) is 4.64. The van der Waals surface area contributed by atoms with Crippen LogP contribution in [0.2, 0.25) is 0 Å². The molecular formula is C20H23N3O2. The standard InChI is InChI=1S/C20H23N3O2/c21-20(23-17-9-8-14-4-1-5-15(14)12-17)22-13-16-6-2-7-18-19(16)25-11-3-10-24-18/h2,6-9,12H,1,3-5,10-11,13H2,(H3,21,22,23). The minimum Gasteiger partial charge on any atom is -0.490 e. The van der Waals surface area contributed by atoms with E-state index in [0.29, 0.717) is 25.7 Å². The quantitative estimate of drug-likeness (QED) is 0.666. The van der Waals surface area contributed by atoms with Gasteiger partial charge in [0.2, 0.25) is 0 Å². The van der Waals surface area contributed by atoms with Gasteiger partial charge in [-0.1, -0.05) is 18.2 Å². The number of anilines is 1. The number of aryl methyl sites for hydroxylation is 2. The number of nitrogens with zero attached hydrogens (tertiary/aromatic N) is 1. The third-order valence-corrected chi connectivity index (χ3v) is 4.64. The van der Waals surface area contributed by atoms with Crippen molar-refractivity contribution < 1.29 is 9.47 Å². The summed E-state index contributed by atoms with van der Waals surface area (Å²) in [4.78, 5) is 4.47. The topological polar surface area (TPSA) is 68.9 Å². The Balaban J connectivity index is 1.46. The van der Waals surface area contributed by atoms with Gasteiger partial charge in [0.15, 0.2) is 17.5 Å². The summed E-state index contributed by atoms with van der Waals surface area (Å²) in [6.07, 6.45) is 4.46. The fraction of sp³-hybridized carbons (Fsp3) is 0.350. The summed E-state index contributed by atoms with van der Waals surface area (Å²) in [6, 6.07) is 12.3. The zero-order valence-corrected chi connectivity index (χ0v) is 14.3. The summed E-state index contributed by atoms with van der Waals surface area (Å²) in [5.41, 5.74) is 10.9. The zero-order valence-electron chi connectivity index (χ0n) is 14.3. The normalized spacial score (nSPS) is 16.2. The number of para-hydroxylation sites is 1. The molecule has 0 radical (unpaired) electrons. The molecule has 4 rings (SSSR count). The number of fused-ring (bicyclic) bond motifs is 2. The first-order chi connectivity index (χ1) is 12.3. The van der Waals surface area contributed by atoms with Gasteiger partial charge in [0.05, 0.1) is 19.8 Å². The van der Waals surface area contributed by atoms with Crippen molar-refractivity contribution in [2.45, 2.75) is 32.2 Å². The van der Waals surface area contributed by atoms with E-state index >= 15 is 0 Å². The molecule has 0 saturated carbocycles. The van der Waals surface area contributed by atoms with E-state index in [4.69, 9.17) is 15.2 Å². The molecule has 0 saturated heterocycles. The van der Waals surface area contributed by atoms with Crippen LogP contribution in [0.1, 0.15) is 29.5 Å². The third kappa shape index (κ3) is 3.55. The molecule has 0 amide bonds. The molecule has 1 aliphatic carbocycles. The van der Waals surface area contributed by atoms with Crippen molar-refractivity contribution in [3.8, 4) is 11.5 Å². The van der Waals surface area contributed by atoms with Crippen LogP contribution < -0.4 is 20.5 Å². The molecule has 5 nitrogen and oxygen atoms in total. The number of aliphatic imine (C=N–C) groups is 1. The van der Waals surface area contributed by atoms with Gasteiger partial charge in [-0.05, 0) is 48.6 Å². The molecule has 25 heavy (non-hydrogen) atoms. The second kappa shape index (κ2) is 7.05. The van der Waals surface area contributed by atoms with Crippen LogP contribution in [0.25, 0.3) is 0 Å². The fourth-order valence-corrected chi connectivity index (χ4v) is 3.39. The van der Waals surface area contributed by atoms with Crippen molar-refractivity contribution in [2.75, 3.05) is 18.5 Å². The second-order valence-corrected chi connectivity index (χ2v) is 6.46. The SMILES string of the molecule is NC(=NCc1cccc2c1OCCCO2)Nc1ccc2c(c1)CCC2. The van der Waals surface area contributed by atoms with Crippen molar-refractivity contribution in [3.63, 3.8) is 0 Å².